The largest absolute Gasteiger partial charge is 0.484 e. The zero-order valence-electron chi connectivity index (χ0n) is 16.7. The van der Waals surface area contributed by atoms with Gasteiger partial charge in [0.25, 0.3) is 11.8 Å². The Hall–Kier alpha value is -2.48. The molecule has 7 nitrogen and oxygen atoms in total. The number of ether oxygens (including phenoxy) is 2. The lowest BCUT2D eigenvalue weighted by Gasteiger charge is -2.69. The van der Waals surface area contributed by atoms with Crippen LogP contribution in [-0.2, 0) is 16.8 Å². The third-order valence-electron chi connectivity index (χ3n) is 6.13. The number of nitrogens with two attached hydrogens (primary N) is 1. The quantitative estimate of drug-likeness (QED) is 0.475. The fraction of sp³-hybridized carbons (Fsp3) is 0.318. The third-order valence-corrected chi connectivity index (χ3v) is 7.12. The van der Waals surface area contributed by atoms with Crippen molar-refractivity contribution >= 4 is 40.7 Å². The number of primary amides is 1. The van der Waals surface area contributed by atoms with Gasteiger partial charge in [-0.2, -0.15) is 0 Å². The molecule has 0 aliphatic heterocycles. The molecule has 2 bridgehead atoms. The second-order valence-electron chi connectivity index (χ2n) is 8.39. The molecular weight excluding hydrogens is 477 g/mol. The van der Waals surface area contributed by atoms with Gasteiger partial charge in [-0.05, 0) is 55.7 Å². The average molecular weight is 495 g/mol. The van der Waals surface area contributed by atoms with Gasteiger partial charge < -0.3 is 19.6 Å². The Labute approximate surface area is 198 Å². The van der Waals surface area contributed by atoms with E-state index < -0.39 is 12.0 Å². The topological polar surface area (TPSA) is 100 Å². The van der Waals surface area contributed by atoms with Crippen LogP contribution in [0.25, 0.3) is 0 Å². The number of amides is 1. The molecule has 0 spiro atoms. The van der Waals surface area contributed by atoms with Crippen LogP contribution in [0, 0.1) is 5.41 Å². The molecule has 3 saturated carbocycles. The molecule has 3 aliphatic carbocycles. The van der Waals surface area contributed by atoms with Crippen LogP contribution in [0.2, 0.25) is 15.1 Å². The number of nitrogens with zero attached hydrogens (tertiary/aromatic N) is 2. The molecule has 1 heterocycles. The zero-order valence-corrected chi connectivity index (χ0v) is 19.0. The van der Waals surface area contributed by atoms with E-state index in [2.05, 4.69) is 10.2 Å². The van der Waals surface area contributed by atoms with Crippen LogP contribution in [0.3, 0.4) is 0 Å². The first-order chi connectivity index (χ1) is 15.3. The normalized spacial score (nSPS) is 24.2. The van der Waals surface area contributed by atoms with Crippen LogP contribution >= 0.6 is 34.8 Å². The molecular formula is C22H18Cl3N3O4. The van der Waals surface area contributed by atoms with Gasteiger partial charge in [-0.1, -0.05) is 34.8 Å². The fourth-order valence-electron chi connectivity index (χ4n) is 4.74. The summed E-state index contributed by atoms with van der Waals surface area (Å²) >= 11 is 17.9. The predicted molar refractivity (Wildman–Crippen MR) is 118 cm³/mol. The Morgan fingerprint density at radius 1 is 1.03 bits per heavy atom. The van der Waals surface area contributed by atoms with Crippen molar-refractivity contribution in [3.8, 4) is 11.5 Å². The molecule has 3 aliphatic rings. The smallest absolute Gasteiger partial charge is 0.259 e. The minimum absolute atomic E-state index is 0.153. The van der Waals surface area contributed by atoms with E-state index in [9.17, 15) is 4.79 Å². The number of hydrogen-bond donors (Lipinski definition) is 1. The molecule has 1 unspecified atom stereocenters. The van der Waals surface area contributed by atoms with E-state index in [4.69, 9.17) is 54.4 Å². The standard InChI is InChI=1S/C22H18Cl3N3O4/c23-12-1-3-13(4-2-12)30-8-17-27-28-20(32-17)22-9-21(10-22,11-22)18(19(26)29)31-14-5-6-15(24)16(25)7-14/h1-7,18H,8-11H2,(H2,26,29). The van der Waals surface area contributed by atoms with Crippen molar-refractivity contribution < 1.29 is 18.7 Å². The number of aromatic nitrogens is 2. The zero-order chi connectivity index (χ0) is 22.5. The van der Waals surface area contributed by atoms with Gasteiger partial charge in [0.1, 0.15) is 11.5 Å². The fourth-order valence-corrected chi connectivity index (χ4v) is 5.16. The molecule has 0 radical (unpaired) electrons. The minimum atomic E-state index is -0.780. The van der Waals surface area contributed by atoms with Crippen LogP contribution in [0.1, 0.15) is 31.0 Å². The Balaban J connectivity index is 1.23. The van der Waals surface area contributed by atoms with Crippen molar-refractivity contribution in [2.75, 3.05) is 0 Å². The van der Waals surface area contributed by atoms with Crippen molar-refractivity contribution in [3.05, 3.63) is 69.3 Å². The molecule has 3 aromatic rings. The Kier molecular flexibility index (Phi) is 5.23. The second-order valence-corrected chi connectivity index (χ2v) is 9.64. The Bertz CT molecular complexity index is 1160. The van der Waals surface area contributed by atoms with Crippen molar-refractivity contribution in [1.29, 1.82) is 0 Å². The van der Waals surface area contributed by atoms with Crippen molar-refractivity contribution in [2.24, 2.45) is 11.1 Å². The monoisotopic (exact) mass is 493 g/mol. The van der Waals surface area contributed by atoms with Gasteiger partial charge in [0, 0.05) is 16.5 Å². The highest BCUT2D eigenvalue weighted by Gasteiger charge is 2.75. The van der Waals surface area contributed by atoms with E-state index in [1.165, 1.54) is 0 Å². The summed E-state index contributed by atoms with van der Waals surface area (Å²) in [6, 6.07) is 11.9. The highest BCUT2D eigenvalue weighted by Crippen LogP contribution is 2.75. The molecule has 2 aromatic carbocycles. The minimum Gasteiger partial charge on any atom is -0.484 e. The maximum Gasteiger partial charge on any atom is 0.259 e. The number of benzene rings is 2. The first kappa shape index (κ1) is 21.4. The lowest BCUT2D eigenvalue weighted by molar-refractivity contribution is -0.208. The molecule has 10 heteroatoms. The molecule has 6 rings (SSSR count). The summed E-state index contributed by atoms with van der Waals surface area (Å²) in [5, 5.41) is 9.69. The SMILES string of the molecule is NC(=O)C(Oc1ccc(Cl)c(Cl)c1)C12CC(c3nnc(COc4ccc(Cl)cc4)o3)(C1)C2. The highest BCUT2D eigenvalue weighted by atomic mass is 35.5. The van der Waals surface area contributed by atoms with Gasteiger partial charge in [-0.25, -0.2) is 0 Å². The Morgan fingerprint density at radius 3 is 2.38 bits per heavy atom. The van der Waals surface area contributed by atoms with E-state index in [0.717, 1.165) is 0 Å². The van der Waals surface area contributed by atoms with Gasteiger partial charge in [-0.15, -0.1) is 10.2 Å². The van der Waals surface area contributed by atoms with E-state index in [0.29, 0.717) is 57.6 Å². The Morgan fingerprint density at radius 2 is 1.72 bits per heavy atom. The first-order valence-corrected chi connectivity index (χ1v) is 11.0. The van der Waals surface area contributed by atoms with Crippen LogP contribution < -0.4 is 15.2 Å². The first-order valence-electron chi connectivity index (χ1n) is 9.91. The summed E-state index contributed by atoms with van der Waals surface area (Å²) in [6.07, 6.45) is 1.25. The molecule has 3 fully saturated rings. The summed E-state index contributed by atoms with van der Waals surface area (Å²) in [7, 11) is 0. The summed E-state index contributed by atoms with van der Waals surface area (Å²) in [4.78, 5) is 12.2. The predicted octanol–water partition coefficient (Wildman–Crippen LogP) is 4.96. The molecule has 1 aromatic heterocycles. The number of halogens is 3. The van der Waals surface area contributed by atoms with E-state index >= 15 is 0 Å². The van der Waals surface area contributed by atoms with E-state index in [-0.39, 0.29) is 17.4 Å². The highest BCUT2D eigenvalue weighted by molar-refractivity contribution is 6.42. The van der Waals surface area contributed by atoms with Gasteiger partial charge in [0.15, 0.2) is 12.7 Å². The summed E-state index contributed by atoms with van der Waals surface area (Å²) in [5.74, 6) is 1.51. The number of hydrogen-bond acceptors (Lipinski definition) is 6. The summed E-state index contributed by atoms with van der Waals surface area (Å²) < 4.78 is 17.4. The molecule has 0 saturated heterocycles. The summed E-state index contributed by atoms with van der Waals surface area (Å²) in [5.41, 5.74) is 5.06. The van der Waals surface area contributed by atoms with Crippen LogP contribution in [0.4, 0.5) is 0 Å². The summed E-state index contributed by atoms with van der Waals surface area (Å²) in [6.45, 7) is 0.153. The van der Waals surface area contributed by atoms with Crippen LogP contribution in [0.5, 0.6) is 11.5 Å². The molecule has 166 valence electrons. The number of carbonyl (C=O) groups excluding carboxylic acids is 1. The molecule has 2 N–H and O–H groups in total. The van der Waals surface area contributed by atoms with Gasteiger partial charge in [-0.3, -0.25) is 4.79 Å². The number of carbonyl (C=O) groups is 1. The molecule has 1 atom stereocenters. The third kappa shape index (κ3) is 3.68. The van der Waals surface area contributed by atoms with Gasteiger partial charge in [0.05, 0.1) is 15.5 Å². The van der Waals surface area contributed by atoms with Crippen molar-refractivity contribution in [3.63, 3.8) is 0 Å². The average Bonchev–Trinajstić information content (AvgIpc) is 3.16. The van der Waals surface area contributed by atoms with E-state index in [1.54, 1.807) is 42.5 Å². The number of rotatable bonds is 8. The van der Waals surface area contributed by atoms with Crippen LogP contribution in [-0.4, -0.2) is 22.2 Å². The lowest BCUT2D eigenvalue weighted by atomic mass is 9.33. The van der Waals surface area contributed by atoms with Gasteiger partial charge >= 0.3 is 0 Å². The molecule has 1 amide bonds. The van der Waals surface area contributed by atoms with Crippen molar-refractivity contribution in [2.45, 2.75) is 37.4 Å². The van der Waals surface area contributed by atoms with Gasteiger partial charge in [0.2, 0.25) is 5.89 Å². The maximum atomic E-state index is 12.2. The lowest BCUT2D eigenvalue weighted by Crippen LogP contribution is -2.72. The maximum absolute atomic E-state index is 12.2. The molecule has 32 heavy (non-hydrogen) atoms. The second kappa shape index (κ2) is 7.83. The van der Waals surface area contributed by atoms with Crippen molar-refractivity contribution in [1.82, 2.24) is 10.2 Å². The van der Waals surface area contributed by atoms with E-state index in [1.807, 2.05) is 0 Å². The van der Waals surface area contributed by atoms with Crippen LogP contribution in [0.15, 0.2) is 46.9 Å².